The molecule has 7 nitrogen and oxygen atoms in total. The Balaban J connectivity index is 2.06. The van der Waals surface area contributed by atoms with Gasteiger partial charge in [0, 0.05) is 25.6 Å². The van der Waals surface area contributed by atoms with E-state index in [0.717, 1.165) is 0 Å². The van der Waals surface area contributed by atoms with Gasteiger partial charge in [-0.3, -0.25) is 10.1 Å². The normalized spacial score (nSPS) is 24.4. The van der Waals surface area contributed by atoms with Crippen LogP contribution in [-0.2, 0) is 9.47 Å². The molecule has 8 heteroatoms. The van der Waals surface area contributed by atoms with Crippen LogP contribution in [0.2, 0.25) is 0 Å². The van der Waals surface area contributed by atoms with Gasteiger partial charge in [0.25, 0.3) is 0 Å². The Bertz CT molecular complexity index is 513. The number of nitro benzene ring substituents is 1. The maximum Gasteiger partial charge on any atom is 0.312 e. The van der Waals surface area contributed by atoms with Crippen molar-refractivity contribution in [2.45, 2.75) is 24.7 Å². The van der Waals surface area contributed by atoms with Crippen LogP contribution in [0.3, 0.4) is 0 Å². The molecule has 1 aliphatic rings. The van der Waals surface area contributed by atoms with Gasteiger partial charge in [-0.15, -0.1) is 0 Å². The molecule has 2 rings (SSSR count). The third-order valence-corrected chi connectivity index (χ3v) is 3.93. The lowest BCUT2D eigenvalue weighted by Gasteiger charge is -2.41. The van der Waals surface area contributed by atoms with Crippen molar-refractivity contribution in [3.05, 3.63) is 32.8 Å². The molecule has 3 unspecified atom stereocenters. The fraction of sp³-hybridized carbons (Fsp3) is 0.538. The second-order valence-electron chi connectivity index (χ2n) is 4.73. The second kappa shape index (κ2) is 7.17. The number of ether oxygens (including phenoxy) is 3. The molecule has 0 bridgehead atoms. The molecule has 21 heavy (non-hydrogen) atoms. The molecule has 0 heterocycles. The number of nitrogens with two attached hydrogens (primary N) is 1. The summed E-state index contributed by atoms with van der Waals surface area (Å²) in [6, 6.07) is 4.56. The van der Waals surface area contributed by atoms with E-state index in [0.29, 0.717) is 24.1 Å². The van der Waals surface area contributed by atoms with Crippen molar-refractivity contribution >= 4 is 21.6 Å². The molecule has 0 amide bonds. The zero-order valence-corrected chi connectivity index (χ0v) is 13.1. The lowest BCUT2D eigenvalue weighted by molar-refractivity contribution is -0.386. The number of halogens is 1. The molecule has 2 N–H and O–H groups in total. The van der Waals surface area contributed by atoms with E-state index in [1.807, 2.05) is 0 Å². The van der Waals surface area contributed by atoms with Crippen molar-refractivity contribution < 1.29 is 19.1 Å². The van der Waals surface area contributed by atoms with Gasteiger partial charge >= 0.3 is 5.69 Å². The lowest BCUT2D eigenvalue weighted by atomic mass is 9.86. The number of rotatable bonds is 7. The molecule has 1 aromatic rings. The Kier molecular flexibility index (Phi) is 5.51. The van der Waals surface area contributed by atoms with Crippen molar-refractivity contribution in [2.75, 3.05) is 20.3 Å². The molecule has 1 aromatic carbocycles. The van der Waals surface area contributed by atoms with Crippen LogP contribution < -0.4 is 10.5 Å². The highest BCUT2D eigenvalue weighted by atomic mass is 79.9. The van der Waals surface area contributed by atoms with Crippen LogP contribution in [0.5, 0.6) is 5.75 Å². The van der Waals surface area contributed by atoms with Crippen molar-refractivity contribution in [1.29, 1.82) is 0 Å². The van der Waals surface area contributed by atoms with Crippen molar-refractivity contribution in [2.24, 2.45) is 5.73 Å². The fourth-order valence-corrected chi connectivity index (χ4v) is 2.59. The highest BCUT2D eigenvalue weighted by Gasteiger charge is 2.42. The fourth-order valence-electron chi connectivity index (χ4n) is 2.14. The van der Waals surface area contributed by atoms with Gasteiger partial charge in [0.2, 0.25) is 5.75 Å². The summed E-state index contributed by atoms with van der Waals surface area (Å²) in [5.41, 5.74) is 5.81. The van der Waals surface area contributed by atoms with Gasteiger partial charge in [-0.1, -0.05) is 6.07 Å². The summed E-state index contributed by atoms with van der Waals surface area (Å²) in [5.74, 6) is 0.208. The Labute approximate surface area is 130 Å². The molecule has 116 valence electrons. The summed E-state index contributed by atoms with van der Waals surface area (Å²) in [6.07, 6.45) is 0.0111. The van der Waals surface area contributed by atoms with Crippen LogP contribution in [0.15, 0.2) is 22.7 Å². The van der Waals surface area contributed by atoms with Gasteiger partial charge in [0.15, 0.2) is 0 Å². The van der Waals surface area contributed by atoms with Crippen molar-refractivity contribution in [3.8, 4) is 5.75 Å². The van der Waals surface area contributed by atoms with Crippen molar-refractivity contribution in [3.63, 3.8) is 0 Å². The second-order valence-corrected chi connectivity index (χ2v) is 5.58. The summed E-state index contributed by atoms with van der Waals surface area (Å²) in [4.78, 5) is 10.6. The quantitative estimate of drug-likeness (QED) is 0.452. The summed E-state index contributed by atoms with van der Waals surface area (Å²) in [5, 5.41) is 11.1. The maximum atomic E-state index is 11.1. The van der Waals surface area contributed by atoms with Gasteiger partial charge in [-0.25, -0.2) is 0 Å². The van der Waals surface area contributed by atoms with Gasteiger partial charge in [-0.2, -0.15) is 0 Å². The van der Waals surface area contributed by atoms with E-state index in [2.05, 4.69) is 15.9 Å². The van der Waals surface area contributed by atoms with E-state index in [1.54, 1.807) is 19.2 Å². The molecule has 0 spiro atoms. The number of hydrogen-bond acceptors (Lipinski definition) is 6. The number of para-hydroxylation sites is 1. The van der Waals surface area contributed by atoms with Crippen LogP contribution in [0, 0.1) is 10.1 Å². The molecule has 1 fully saturated rings. The molecular weight excluding hydrogens is 344 g/mol. The number of nitro groups is 1. The minimum absolute atomic E-state index is 0.0829. The van der Waals surface area contributed by atoms with E-state index < -0.39 is 4.92 Å². The molecule has 1 saturated carbocycles. The first-order valence-corrected chi connectivity index (χ1v) is 7.29. The predicted octanol–water partition coefficient (Wildman–Crippen LogP) is 1.87. The molecule has 0 aromatic heterocycles. The summed E-state index contributed by atoms with van der Waals surface area (Å²) in [6.45, 7) is 0.873. The topological polar surface area (TPSA) is 96.9 Å². The minimum Gasteiger partial charge on any atom is -0.480 e. The molecule has 0 radical (unpaired) electrons. The SMILES string of the molecule is COCCOC1C(N)CC1Oc1c(Br)cccc1[N+](=O)[O-]. The first-order chi connectivity index (χ1) is 10.0. The van der Waals surface area contributed by atoms with Crippen LogP contribution in [0.4, 0.5) is 5.69 Å². The molecule has 0 saturated heterocycles. The highest BCUT2D eigenvalue weighted by Crippen LogP contribution is 2.38. The van der Waals surface area contributed by atoms with Gasteiger partial charge in [0.1, 0.15) is 12.2 Å². The average molecular weight is 361 g/mol. The maximum absolute atomic E-state index is 11.1. The molecule has 0 aliphatic heterocycles. The van der Waals surface area contributed by atoms with Crippen LogP contribution in [-0.4, -0.2) is 43.5 Å². The number of benzene rings is 1. The summed E-state index contributed by atoms with van der Waals surface area (Å²) in [7, 11) is 1.59. The highest BCUT2D eigenvalue weighted by molar-refractivity contribution is 9.10. The van der Waals surface area contributed by atoms with Gasteiger partial charge in [-0.05, 0) is 22.0 Å². The number of methoxy groups -OCH3 is 1. The van der Waals surface area contributed by atoms with Crippen LogP contribution >= 0.6 is 15.9 Å². The Morgan fingerprint density at radius 2 is 2.24 bits per heavy atom. The minimum atomic E-state index is -0.473. The monoisotopic (exact) mass is 360 g/mol. The third kappa shape index (κ3) is 3.70. The Morgan fingerprint density at radius 3 is 2.86 bits per heavy atom. The Hall–Kier alpha value is -1.22. The van der Waals surface area contributed by atoms with Crippen LogP contribution in [0.1, 0.15) is 6.42 Å². The zero-order valence-electron chi connectivity index (χ0n) is 11.5. The summed E-state index contributed by atoms with van der Waals surface area (Å²) >= 11 is 3.27. The first-order valence-electron chi connectivity index (χ1n) is 6.50. The zero-order chi connectivity index (χ0) is 15.4. The standard InChI is InChI=1S/C13H17BrN2O5/c1-19-5-6-20-13-9(15)7-11(13)21-12-8(14)3-2-4-10(12)16(17)18/h2-4,9,11,13H,5-7,15H2,1H3. The van der Waals surface area contributed by atoms with E-state index in [-0.39, 0.29) is 29.7 Å². The van der Waals surface area contributed by atoms with Gasteiger partial charge in [0.05, 0.1) is 22.6 Å². The smallest absolute Gasteiger partial charge is 0.312 e. The Morgan fingerprint density at radius 1 is 1.48 bits per heavy atom. The third-order valence-electron chi connectivity index (χ3n) is 3.30. The molecule has 1 aliphatic carbocycles. The number of hydrogen-bond donors (Lipinski definition) is 1. The van der Waals surface area contributed by atoms with E-state index in [1.165, 1.54) is 6.07 Å². The summed E-state index contributed by atoms with van der Waals surface area (Å²) < 4.78 is 16.8. The van der Waals surface area contributed by atoms with Crippen molar-refractivity contribution in [1.82, 2.24) is 0 Å². The molecular formula is C13H17BrN2O5. The van der Waals surface area contributed by atoms with E-state index in [9.17, 15) is 10.1 Å². The van der Waals surface area contributed by atoms with Gasteiger partial charge < -0.3 is 19.9 Å². The lowest BCUT2D eigenvalue weighted by Crippen LogP contribution is -2.59. The molecule has 3 atom stereocenters. The van der Waals surface area contributed by atoms with E-state index >= 15 is 0 Å². The largest absolute Gasteiger partial charge is 0.480 e. The predicted molar refractivity (Wildman–Crippen MR) is 79.4 cm³/mol. The number of nitrogens with zero attached hydrogens (tertiary/aromatic N) is 1. The first kappa shape index (κ1) is 16.2. The van der Waals surface area contributed by atoms with E-state index in [4.69, 9.17) is 19.9 Å². The van der Waals surface area contributed by atoms with Crippen LogP contribution in [0.25, 0.3) is 0 Å². The average Bonchev–Trinajstić information content (AvgIpc) is 2.44.